The smallest absolute Gasteiger partial charge is 0.183 e. The van der Waals surface area contributed by atoms with Crippen molar-refractivity contribution in [3.05, 3.63) is 0 Å². The molecule has 2 heteroatoms. The van der Waals surface area contributed by atoms with Crippen LogP contribution in [0.25, 0.3) is 0 Å². The minimum absolute atomic E-state index is 0.429. The second-order valence-corrected chi connectivity index (χ2v) is 2.90. The third-order valence-electron chi connectivity index (χ3n) is 2.20. The maximum absolute atomic E-state index is 7.41. The molecule has 0 bridgehead atoms. The summed E-state index contributed by atoms with van der Waals surface area (Å²) in [6.45, 7) is 0. The standard InChI is InChI=1S/C8H15NO/c1-10-8(9)7-5-3-2-4-6-7/h7,9H,2-6H2,1H3. The number of nitrogens with one attached hydrogen (secondary N) is 1. The Kier molecular flexibility index (Phi) is 2.72. The van der Waals surface area contributed by atoms with Crippen molar-refractivity contribution in [1.82, 2.24) is 0 Å². The molecule has 0 aliphatic heterocycles. The van der Waals surface area contributed by atoms with E-state index < -0.39 is 0 Å². The summed E-state index contributed by atoms with van der Waals surface area (Å²) < 4.78 is 4.87. The Morgan fingerprint density at radius 2 is 1.90 bits per heavy atom. The monoisotopic (exact) mass is 141 g/mol. The van der Waals surface area contributed by atoms with Gasteiger partial charge in [-0.1, -0.05) is 19.3 Å². The normalized spacial score (nSPS) is 20.5. The van der Waals surface area contributed by atoms with Crippen LogP contribution in [0.5, 0.6) is 0 Å². The summed E-state index contributed by atoms with van der Waals surface area (Å²) in [6.07, 6.45) is 6.21. The van der Waals surface area contributed by atoms with Gasteiger partial charge in [-0.25, -0.2) is 0 Å². The molecule has 10 heavy (non-hydrogen) atoms. The summed E-state index contributed by atoms with van der Waals surface area (Å²) in [5.41, 5.74) is 0. The molecule has 0 aromatic carbocycles. The first-order chi connectivity index (χ1) is 4.84. The zero-order chi connectivity index (χ0) is 7.40. The zero-order valence-corrected chi connectivity index (χ0v) is 6.52. The molecule has 1 fully saturated rings. The summed E-state index contributed by atoms with van der Waals surface area (Å²) in [4.78, 5) is 0. The molecule has 2 nitrogen and oxygen atoms in total. The Balaban J connectivity index is 2.31. The highest BCUT2D eigenvalue weighted by molar-refractivity contribution is 5.75. The topological polar surface area (TPSA) is 33.1 Å². The van der Waals surface area contributed by atoms with Gasteiger partial charge in [0, 0.05) is 5.92 Å². The molecule has 0 aromatic rings. The maximum Gasteiger partial charge on any atom is 0.183 e. The average Bonchev–Trinajstić information content (AvgIpc) is 2.05. The SMILES string of the molecule is COC(=N)C1CCCCC1. The van der Waals surface area contributed by atoms with Crippen LogP contribution in [0.3, 0.4) is 0 Å². The number of ether oxygens (including phenoxy) is 1. The van der Waals surface area contributed by atoms with Gasteiger partial charge in [-0.2, -0.15) is 0 Å². The Hall–Kier alpha value is -0.530. The van der Waals surface area contributed by atoms with Gasteiger partial charge in [-0.05, 0) is 12.8 Å². The summed E-state index contributed by atoms with van der Waals surface area (Å²) in [5.74, 6) is 0.915. The quantitative estimate of drug-likeness (QED) is 0.440. The fraction of sp³-hybridized carbons (Fsp3) is 0.875. The lowest BCUT2D eigenvalue weighted by Gasteiger charge is -2.20. The van der Waals surface area contributed by atoms with E-state index in [1.807, 2.05) is 0 Å². The first-order valence-electron chi connectivity index (χ1n) is 3.97. The van der Waals surface area contributed by atoms with E-state index in [-0.39, 0.29) is 0 Å². The minimum atomic E-state index is 0.429. The lowest BCUT2D eigenvalue weighted by atomic mass is 9.89. The largest absolute Gasteiger partial charge is 0.484 e. The summed E-state index contributed by atoms with van der Waals surface area (Å²) in [5, 5.41) is 7.41. The molecule has 0 radical (unpaired) electrons. The third kappa shape index (κ3) is 1.72. The molecule has 1 aliphatic rings. The van der Waals surface area contributed by atoms with E-state index in [1.165, 1.54) is 19.3 Å². The Bertz CT molecular complexity index is 116. The molecule has 0 amide bonds. The molecular weight excluding hydrogens is 126 g/mol. The first-order valence-corrected chi connectivity index (χ1v) is 3.97. The van der Waals surface area contributed by atoms with Crippen LogP contribution in [0.4, 0.5) is 0 Å². The minimum Gasteiger partial charge on any atom is -0.484 e. The van der Waals surface area contributed by atoms with Crippen LogP contribution in [0.2, 0.25) is 0 Å². The highest BCUT2D eigenvalue weighted by atomic mass is 16.5. The zero-order valence-electron chi connectivity index (χ0n) is 6.52. The average molecular weight is 141 g/mol. The molecule has 0 unspecified atom stereocenters. The van der Waals surface area contributed by atoms with Gasteiger partial charge in [0.25, 0.3) is 0 Å². The molecule has 1 saturated carbocycles. The van der Waals surface area contributed by atoms with Crippen molar-refractivity contribution in [2.24, 2.45) is 5.92 Å². The van der Waals surface area contributed by atoms with E-state index in [0.29, 0.717) is 11.8 Å². The van der Waals surface area contributed by atoms with Crippen molar-refractivity contribution in [3.8, 4) is 0 Å². The van der Waals surface area contributed by atoms with E-state index in [1.54, 1.807) is 7.11 Å². The number of hydrogen-bond donors (Lipinski definition) is 1. The molecular formula is C8H15NO. The van der Waals surface area contributed by atoms with Crippen molar-refractivity contribution in [2.75, 3.05) is 7.11 Å². The van der Waals surface area contributed by atoms with Crippen molar-refractivity contribution in [1.29, 1.82) is 5.41 Å². The highest BCUT2D eigenvalue weighted by Gasteiger charge is 2.17. The first kappa shape index (κ1) is 7.58. The van der Waals surface area contributed by atoms with Gasteiger partial charge in [0.2, 0.25) is 0 Å². The van der Waals surface area contributed by atoms with E-state index in [9.17, 15) is 0 Å². The summed E-state index contributed by atoms with van der Waals surface area (Å²) in [6, 6.07) is 0. The Labute approximate surface area is 62.1 Å². The predicted octanol–water partition coefficient (Wildman–Crippen LogP) is 2.19. The van der Waals surface area contributed by atoms with Crippen molar-refractivity contribution >= 4 is 5.90 Å². The molecule has 0 saturated heterocycles. The number of hydrogen-bond acceptors (Lipinski definition) is 2. The van der Waals surface area contributed by atoms with Gasteiger partial charge in [0.15, 0.2) is 5.90 Å². The molecule has 0 heterocycles. The lowest BCUT2D eigenvalue weighted by molar-refractivity contribution is 0.323. The van der Waals surface area contributed by atoms with Gasteiger partial charge in [0.05, 0.1) is 7.11 Å². The third-order valence-corrected chi connectivity index (χ3v) is 2.20. The van der Waals surface area contributed by atoms with E-state index in [4.69, 9.17) is 10.1 Å². The maximum atomic E-state index is 7.41. The van der Waals surface area contributed by atoms with Crippen molar-refractivity contribution < 1.29 is 4.74 Å². The summed E-state index contributed by atoms with van der Waals surface area (Å²) in [7, 11) is 1.59. The van der Waals surface area contributed by atoms with Gasteiger partial charge >= 0.3 is 0 Å². The lowest BCUT2D eigenvalue weighted by Crippen LogP contribution is -2.17. The second kappa shape index (κ2) is 3.59. The van der Waals surface area contributed by atoms with Crippen LogP contribution in [-0.4, -0.2) is 13.0 Å². The number of rotatable bonds is 1. The van der Waals surface area contributed by atoms with Crippen LogP contribution < -0.4 is 0 Å². The van der Waals surface area contributed by atoms with Gasteiger partial charge < -0.3 is 4.74 Å². The van der Waals surface area contributed by atoms with E-state index in [0.717, 1.165) is 12.8 Å². The fourth-order valence-corrected chi connectivity index (χ4v) is 1.53. The van der Waals surface area contributed by atoms with Crippen LogP contribution in [-0.2, 0) is 4.74 Å². The van der Waals surface area contributed by atoms with Gasteiger partial charge in [-0.3, -0.25) is 5.41 Å². The summed E-state index contributed by atoms with van der Waals surface area (Å²) >= 11 is 0. The molecule has 1 rings (SSSR count). The van der Waals surface area contributed by atoms with Crippen LogP contribution in [0.15, 0.2) is 0 Å². The molecule has 58 valence electrons. The Morgan fingerprint density at radius 1 is 1.30 bits per heavy atom. The van der Waals surface area contributed by atoms with Crippen LogP contribution >= 0.6 is 0 Å². The Morgan fingerprint density at radius 3 is 2.40 bits per heavy atom. The van der Waals surface area contributed by atoms with Gasteiger partial charge in [0.1, 0.15) is 0 Å². The van der Waals surface area contributed by atoms with Crippen molar-refractivity contribution in [2.45, 2.75) is 32.1 Å². The van der Waals surface area contributed by atoms with Crippen LogP contribution in [0, 0.1) is 11.3 Å². The predicted molar refractivity (Wildman–Crippen MR) is 41.3 cm³/mol. The van der Waals surface area contributed by atoms with E-state index in [2.05, 4.69) is 0 Å². The molecule has 1 N–H and O–H groups in total. The molecule has 1 aliphatic carbocycles. The second-order valence-electron chi connectivity index (χ2n) is 2.90. The van der Waals surface area contributed by atoms with Gasteiger partial charge in [-0.15, -0.1) is 0 Å². The van der Waals surface area contributed by atoms with E-state index >= 15 is 0 Å². The van der Waals surface area contributed by atoms with Crippen LogP contribution in [0.1, 0.15) is 32.1 Å². The fourth-order valence-electron chi connectivity index (χ4n) is 1.53. The highest BCUT2D eigenvalue weighted by Crippen LogP contribution is 2.24. The number of methoxy groups -OCH3 is 1. The molecule has 0 atom stereocenters. The molecule has 0 aromatic heterocycles. The molecule has 0 spiro atoms. The van der Waals surface area contributed by atoms with Crippen molar-refractivity contribution in [3.63, 3.8) is 0 Å².